The molecule has 4 rings (SSSR count). The minimum atomic E-state index is -0.0592. The fourth-order valence-corrected chi connectivity index (χ4v) is 3.64. The summed E-state index contributed by atoms with van der Waals surface area (Å²) in [5, 5.41) is 2.05. The maximum absolute atomic E-state index is 11.4. The Bertz CT molecular complexity index is 850. The Hall–Kier alpha value is -2.41. The van der Waals surface area contributed by atoms with Crippen LogP contribution in [0.3, 0.4) is 0 Å². The second kappa shape index (κ2) is 5.42. The Morgan fingerprint density at radius 3 is 2.68 bits per heavy atom. The molecule has 1 fully saturated rings. The van der Waals surface area contributed by atoms with Crippen LogP contribution in [0.2, 0.25) is 0 Å². The molecule has 3 aromatic rings. The van der Waals surface area contributed by atoms with Gasteiger partial charge < -0.3 is 14.8 Å². The van der Waals surface area contributed by atoms with Crippen molar-refractivity contribution in [3.8, 4) is 0 Å². The predicted molar refractivity (Wildman–Crippen MR) is 88.9 cm³/mol. The summed E-state index contributed by atoms with van der Waals surface area (Å²) < 4.78 is 1.14. The molecule has 22 heavy (non-hydrogen) atoms. The van der Waals surface area contributed by atoms with Gasteiger partial charge in [-0.1, -0.05) is 6.07 Å². The van der Waals surface area contributed by atoms with E-state index in [0.717, 1.165) is 48.0 Å². The van der Waals surface area contributed by atoms with E-state index in [0.29, 0.717) is 0 Å². The van der Waals surface area contributed by atoms with E-state index in [-0.39, 0.29) is 5.56 Å². The van der Waals surface area contributed by atoms with Gasteiger partial charge in [-0.25, -0.2) is 9.97 Å². The van der Waals surface area contributed by atoms with Crippen LogP contribution in [0.25, 0.3) is 10.2 Å². The van der Waals surface area contributed by atoms with Gasteiger partial charge in [0.1, 0.15) is 18.0 Å². The van der Waals surface area contributed by atoms with Gasteiger partial charge in [-0.05, 0) is 17.5 Å². The maximum atomic E-state index is 11.4. The number of aromatic amines is 1. The van der Waals surface area contributed by atoms with E-state index in [4.69, 9.17) is 0 Å². The molecule has 1 N–H and O–H groups in total. The second-order valence-corrected chi connectivity index (χ2v) is 6.12. The van der Waals surface area contributed by atoms with Crippen LogP contribution in [0, 0.1) is 0 Å². The number of anilines is 2. The van der Waals surface area contributed by atoms with Crippen molar-refractivity contribution in [2.24, 2.45) is 0 Å². The van der Waals surface area contributed by atoms with Gasteiger partial charge >= 0.3 is 0 Å². The van der Waals surface area contributed by atoms with Crippen molar-refractivity contribution in [3.63, 3.8) is 0 Å². The zero-order chi connectivity index (χ0) is 14.9. The highest BCUT2D eigenvalue weighted by Gasteiger charge is 2.20. The summed E-state index contributed by atoms with van der Waals surface area (Å²) in [6, 6.07) is 7.30. The highest BCUT2D eigenvalue weighted by Crippen LogP contribution is 2.28. The van der Waals surface area contributed by atoms with Crippen molar-refractivity contribution < 1.29 is 0 Å². The van der Waals surface area contributed by atoms with Crippen molar-refractivity contribution in [2.45, 2.75) is 0 Å². The first-order valence-corrected chi connectivity index (χ1v) is 8.07. The fourth-order valence-electron chi connectivity index (χ4n) is 2.78. The smallest absolute Gasteiger partial charge is 0.249 e. The van der Waals surface area contributed by atoms with E-state index in [2.05, 4.69) is 24.8 Å². The molecular formula is C15H15N5OS. The van der Waals surface area contributed by atoms with Gasteiger partial charge in [0, 0.05) is 32.2 Å². The summed E-state index contributed by atoms with van der Waals surface area (Å²) >= 11 is 1.68. The molecule has 0 spiro atoms. The van der Waals surface area contributed by atoms with Gasteiger partial charge in [-0.2, -0.15) is 0 Å². The molecule has 0 bridgehead atoms. The standard InChI is InChI=1S/C15H15N5OS/c21-13-3-1-2-12(18-13)19-5-7-20(8-6-19)15-14-11(4-9-22-14)16-10-17-15/h1-4,9-10H,5-8H2,(H,18,21). The van der Waals surface area contributed by atoms with Crippen LogP contribution < -0.4 is 15.4 Å². The topological polar surface area (TPSA) is 65.1 Å². The average molecular weight is 313 g/mol. The van der Waals surface area contributed by atoms with E-state index in [1.54, 1.807) is 23.7 Å². The summed E-state index contributed by atoms with van der Waals surface area (Å²) in [5.41, 5.74) is 0.945. The lowest BCUT2D eigenvalue weighted by Gasteiger charge is -2.36. The van der Waals surface area contributed by atoms with Crippen LogP contribution in [0.15, 0.2) is 40.8 Å². The maximum Gasteiger partial charge on any atom is 0.249 e. The minimum Gasteiger partial charge on any atom is -0.355 e. The molecule has 0 radical (unpaired) electrons. The lowest BCUT2D eigenvalue weighted by atomic mass is 10.3. The van der Waals surface area contributed by atoms with Crippen LogP contribution in [0.1, 0.15) is 0 Å². The third-order valence-corrected chi connectivity index (χ3v) is 4.80. The van der Waals surface area contributed by atoms with Gasteiger partial charge in [0.15, 0.2) is 0 Å². The number of pyridine rings is 1. The summed E-state index contributed by atoms with van der Waals surface area (Å²) in [4.78, 5) is 27.6. The Kier molecular flexibility index (Phi) is 3.27. The zero-order valence-electron chi connectivity index (χ0n) is 11.9. The van der Waals surface area contributed by atoms with Crippen LogP contribution in [-0.4, -0.2) is 41.1 Å². The highest BCUT2D eigenvalue weighted by molar-refractivity contribution is 7.17. The summed E-state index contributed by atoms with van der Waals surface area (Å²) in [6.07, 6.45) is 1.63. The molecule has 6 nitrogen and oxygen atoms in total. The van der Waals surface area contributed by atoms with Crippen LogP contribution in [-0.2, 0) is 0 Å². The lowest BCUT2D eigenvalue weighted by molar-refractivity contribution is 0.642. The Labute approximate surface area is 131 Å². The van der Waals surface area contributed by atoms with E-state index < -0.39 is 0 Å². The molecular weight excluding hydrogens is 298 g/mol. The number of nitrogens with one attached hydrogen (secondary N) is 1. The molecule has 1 aliphatic heterocycles. The predicted octanol–water partition coefficient (Wildman–Crippen LogP) is 1.71. The molecule has 3 aromatic heterocycles. The Balaban J connectivity index is 1.54. The molecule has 0 unspecified atom stereocenters. The van der Waals surface area contributed by atoms with Crippen molar-refractivity contribution in [3.05, 3.63) is 46.3 Å². The quantitative estimate of drug-likeness (QED) is 0.780. The van der Waals surface area contributed by atoms with Crippen molar-refractivity contribution in [1.29, 1.82) is 0 Å². The first kappa shape index (κ1) is 13.3. The van der Waals surface area contributed by atoms with Crippen molar-refractivity contribution in [2.75, 3.05) is 36.0 Å². The molecule has 0 aromatic carbocycles. The number of fused-ring (bicyclic) bond motifs is 1. The average Bonchev–Trinajstić information content (AvgIpc) is 3.04. The monoisotopic (exact) mass is 313 g/mol. The molecule has 0 saturated carbocycles. The lowest BCUT2D eigenvalue weighted by Crippen LogP contribution is -2.47. The van der Waals surface area contributed by atoms with Gasteiger partial charge in [0.2, 0.25) is 5.56 Å². The molecule has 1 saturated heterocycles. The number of thiophene rings is 1. The Morgan fingerprint density at radius 2 is 1.86 bits per heavy atom. The largest absolute Gasteiger partial charge is 0.355 e. The number of piperazine rings is 1. The van der Waals surface area contributed by atoms with Crippen LogP contribution in [0.4, 0.5) is 11.6 Å². The number of nitrogens with zero attached hydrogens (tertiary/aromatic N) is 4. The highest BCUT2D eigenvalue weighted by atomic mass is 32.1. The normalized spacial score (nSPS) is 15.5. The zero-order valence-corrected chi connectivity index (χ0v) is 12.7. The van der Waals surface area contributed by atoms with Gasteiger partial charge in [-0.3, -0.25) is 4.79 Å². The number of hydrogen-bond acceptors (Lipinski definition) is 6. The number of H-pyrrole nitrogens is 1. The molecule has 0 aliphatic carbocycles. The summed E-state index contributed by atoms with van der Waals surface area (Å²) in [7, 11) is 0. The van der Waals surface area contributed by atoms with Crippen LogP contribution in [0.5, 0.6) is 0 Å². The molecule has 1 aliphatic rings. The SMILES string of the molecule is O=c1cccc(N2CCN(c3ncnc4ccsc34)CC2)[nH]1. The number of aromatic nitrogens is 3. The summed E-state index contributed by atoms with van der Waals surface area (Å²) in [6.45, 7) is 3.47. The summed E-state index contributed by atoms with van der Waals surface area (Å²) in [5.74, 6) is 1.90. The first-order chi connectivity index (χ1) is 10.8. The second-order valence-electron chi connectivity index (χ2n) is 5.21. The number of hydrogen-bond donors (Lipinski definition) is 1. The first-order valence-electron chi connectivity index (χ1n) is 7.19. The van der Waals surface area contributed by atoms with Gasteiger partial charge in [0.25, 0.3) is 0 Å². The van der Waals surface area contributed by atoms with Crippen molar-refractivity contribution in [1.82, 2.24) is 15.0 Å². The van der Waals surface area contributed by atoms with E-state index >= 15 is 0 Å². The van der Waals surface area contributed by atoms with Crippen molar-refractivity contribution >= 4 is 33.2 Å². The van der Waals surface area contributed by atoms with Gasteiger partial charge in [-0.15, -0.1) is 11.3 Å². The van der Waals surface area contributed by atoms with E-state index in [1.807, 2.05) is 17.5 Å². The third-order valence-electron chi connectivity index (χ3n) is 3.90. The van der Waals surface area contributed by atoms with E-state index in [9.17, 15) is 4.79 Å². The Morgan fingerprint density at radius 1 is 1.05 bits per heavy atom. The molecule has 112 valence electrons. The molecule has 0 amide bonds. The molecule has 4 heterocycles. The minimum absolute atomic E-state index is 0.0592. The fraction of sp³-hybridized carbons (Fsp3) is 0.267. The molecule has 0 atom stereocenters. The van der Waals surface area contributed by atoms with E-state index in [1.165, 1.54) is 6.07 Å². The molecule has 7 heteroatoms. The van der Waals surface area contributed by atoms with Crippen LogP contribution >= 0.6 is 11.3 Å². The van der Waals surface area contributed by atoms with Gasteiger partial charge in [0.05, 0.1) is 10.2 Å². The third kappa shape index (κ3) is 2.33. The number of rotatable bonds is 2.